The van der Waals surface area contributed by atoms with Gasteiger partial charge in [0.05, 0.1) is 0 Å². The van der Waals surface area contributed by atoms with E-state index >= 15 is 0 Å². The Balaban J connectivity index is 2.14. The molecule has 1 aromatic heterocycles. The minimum Gasteiger partial charge on any atom is -0.381 e. The maximum absolute atomic E-state index is 13.4. The van der Waals surface area contributed by atoms with Crippen LogP contribution in [-0.2, 0) is 10.2 Å². The van der Waals surface area contributed by atoms with Crippen LogP contribution >= 0.6 is 0 Å². The lowest BCUT2D eigenvalue weighted by Crippen LogP contribution is -2.40. The molecule has 1 aliphatic heterocycles. The molecule has 2 aromatic rings. The molecule has 0 atom stereocenters. The number of fused-ring (bicyclic) bond motifs is 1. The number of hydrogen-bond donors (Lipinski definition) is 2. The van der Waals surface area contributed by atoms with Crippen molar-refractivity contribution in [2.45, 2.75) is 18.3 Å². The Hall–Kier alpha value is -1.39. The fourth-order valence-corrected chi connectivity index (χ4v) is 2.88. The second-order valence-corrected chi connectivity index (χ2v) is 4.99. The maximum atomic E-state index is 13.4. The second-order valence-electron chi connectivity index (χ2n) is 4.99. The van der Waals surface area contributed by atoms with Crippen LogP contribution in [0.1, 0.15) is 18.4 Å². The van der Waals surface area contributed by atoms with E-state index < -0.39 is 0 Å². The number of nitrogens with one attached hydrogen (secondary N) is 1. The highest BCUT2D eigenvalue weighted by molar-refractivity contribution is 5.84. The third kappa shape index (κ3) is 1.72. The standard InChI is InChI=1S/C14H17FN2O/c15-10-1-2-13-11(7-10)12(8-17-13)14(9-16)3-5-18-6-4-14/h1-2,7-8,17H,3-6,9,16H2. The summed E-state index contributed by atoms with van der Waals surface area (Å²) in [6.07, 6.45) is 3.77. The van der Waals surface area contributed by atoms with E-state index in [0.717, 1.165) is 42.5 Å². The molecule has 2 heterocycles. The molecule has 0 radical (unpaired) electrons. The van der Waals surface area contributed by atoms with Crippen LogP contribution in [0.5, 0.6) is 0 Å². The number of nitrogens with two attached hydrogens (primary N) is 1. The largest absolute Gasteiger partial charge is 0.381 e. The Morgan fingerprint density at radius 1 is 1.33 bits per heavy atom. The Labute approximate surface area is 105 Å². The number of H-pyrrole nitrogens is 1. The van der Waals surface area contributed by atoms with E-state index in [1.807, 2.05) is 6.20 Å². The van der Waals surface area contributed by atoms with Gasteiger partial charge in [0.15, 0.2) is 0 Å². The summed E-state index contributed by atoms with van der Waals surface area (Å²) < 4.78 is 18.8. The molecule has 1 fully saturated rings. The number of ether oxygens (including phenoxy) is 1. The minimum atomic E-state index is -0.206. The van der Waals surface area contributed by atoms with Crippen LogP contribution in [0.2, 0.25) is 0 Å². The molecule has 1 aromatic carbocycles. The molecule has 18 heavy (non-hydrogen) atoms. The fourth-order valence-electron chi connectivity index (χ4n) is 2.88. The Bertz CT molecular complexity index is 558. The van der Waals surface area contributed by atoms with Crippen LogP contribution in [-0.4, -0.2) is 24.7 Å². The average molecular weight is 248 g/mol. The molecule has 0 spiro atoms. The van der Waals surface area contributed by atoms with Crippen LogP contribution in [0.25, 0.3) is 10.9 Å². The van der Waals surface area contributed by atoms with Crippen molar-refractivity contribution in [1.29, 1.82) is 0 Å². The average Bonchev–Trinajstić information content (AvgIpc) is 2.83. The van der Waals surface area contributed by atoms with Crippen molar-refractivity contribution in [2.75, 3.05) is 19.8 Å². The van der Waals surface area contributed by atoms with Gasteiger partial charge in [0, 0.05) is 42.3 Å². The summed E-state index contributed by atoms with van der Waals surface area (Å²) in [5.74, 6) is -0.206. The van der Waals surface area contributed by atoms with Crippen molar-refractivity contribution in [3.8, 4) is 0 Å². The topological polar surface area (TPSA) is 51.0 Å². The Morgan fingerprint density at radius 3 is 2.83 bits per heavy atom. The quantitative estimate of drug-likeness (QED) is 0.857. The highest BCUT2D eigenvalue weighted by Crippen LogP contribution is 2.38. The van der Waals surface area contributed by atoms with Gasteiger partial charge in [-0.15, -0.1) is 0 Å². The molecule has 3 nitrogen and oxygen atoms in total. The van der Waals surface area contributed by atoms with E-state index in [0.29, 0.717) is 6.54 Å². The first-order chi connectivity index (χ1) is 8.75. The van der Waals surface area contributed by atoms with E-state index in [2.05, 4.69) is 4.98 Å². The predicted octanol–water partition coefficient (Wildman–Crippen LogP) is 2.31. The molecule has 4 heteroatoms. The lowest BCUT2D eigenvalue weighted by molar-refractivity contribution is 0.0534. The third-order valence-electron chi connectivity index (χ3n) is 4.06. The van der Waals surface area contributed by atoms with Crippen LogP contribution in [0.15, 0.2) is 24.4 Å². The van der Waals surface area contributed by atoms with Crippen LogP contribution in [0.4, 0.5) is 4.39 Å². The van der Waals surface area contributed by atoms with Gasteiger partial charge in [0.25, 0.3) is 0 Å². The van der Waals surface area contributed by atoms with Gasteiger partial charge in [-0.25, -0.2) is 4.39 Å². The summed E-state index contributed by atoms with van der Waals surface area (Å²) in [7, 11) is 0. The number of aromatic nitrogens is 1. The van der Waals surface area contributed by atoms with E-state index in [4.69, 9.17) is 10.5 Å². The lowest BCUT2D eigenvalue weighted by Gasteiger charge is -2.36. The van der Waals surface area contributed by atoms with Gasteiger partial charge in [0.1, 0.15) is 5.82 Å². The molecular formula is C14H17FN2O. The summed E-state index contributed by atoms with van der Waals surface area (Å²) in [5, 5.41) is 0.947. The van der Waals surface area contributed by atoms with Crippen LogP contribution in [0.3, 0.4) is 0 Å². The summed E-state index contributed by atoms with van der Waals surface area (Å²) in [4.78, 5) is 3.21. The molecular weight excluding hydrogens is 231 g/mol. The van der Waals surface area contributed by atoms with E-state index in [1.165, 1.54) is 6.07 Å². The first kappa shape index (κ1) is 11.7. The Kier molecular flexibility index (Phi) is 2.84. The minimum absolute atomic E-state index is 0.0791. The molecule has 1 saturated heterocycles. The van der Waals surface area contributed by atoms with Crippen LogP contribution < -0.4 is 5.73 Å². The van der Waals surface area contributed by atoms with Gasteiger partial charge in [0.2, 0.25) is 0 Å². The number of halogens is 1. The van der Waals surface area contributed by atoms with Crippen LogP contribution in [0, 0.1) is 5.82 Å². The zero-order chi connectivity index (χ0) is 12.6. The number of hydrogen-bond acceptors (Lipinski definition) is 2. The van der Waals surface area contributed by atoms with Gasteiger partial charge in [-0.1, -0.05) is 0 Å². The maximum Gasteiger partial charge on any atom is 0.123 e. The summed E-state index contributed by atoms with van der Waals surface area (Å²) in [6, 6.07) is 4.84. The molecule has 0 aliphatic carbocycles. The zero-order valence-electron chi connectivity index (χ0n) is 10.2. The van der Waals surface area contributed by atoms with Crippen molar-refractivity contribution >= 4 is 10.9 Å². The lowest BCUT2D eigenvalue weighted by atomic mass is 9.74. The molecule has 0 bridgehead atoms. The third-order valence-corrected chi connectivity index (χ3v) is 4.06. The highest BCUT2D eigenvalue weighted by Gasteiger charge is 2.35. The smallest absolute Gasteiger partial charge is 0.123 e. The number of aromatic amines is 1. The highest BCUT2D eigenvalue weighted by atomic mass is 19.1. The first-order valence-electron chi connectivity index (χ1n) is 6.30. The molecule has 0 amide bonds. The summed E-state index contributed by atoms with van der Waals surface area (Å²) in [5.41, 5.74) is 8.01. The summed E-state index contributed by atoms with van der Waals surface area (Å²) in [6.45, 7) is 2.01. The first-order valence-corrected chi connectivity index (χ1v) is 6.30. The van der Waals surface area contributed by atoms with E-state index in [9.17, 15) is 4.39 Å². The van der Waals surface area contributed by atoms with Crippen molar-refractivity contribution < 1.29 is 9.13 Å². The van der Waals surface area contributed by atoms with E-state index in [-0.39, 0.29) is 11.2 Å². The van der Waals surface area contributed by atoms with E-state index in [1.54, 1.807) is 12.1 Å². The molecule has 3 N–H and O–H groups in total. The predicted molar refractivity (Wildman–Crippen MR) is 69.0 cm³/mol. The zero-order valence-corrected chi connectivity index (χ0v) is 10.2. The monoisotopic (exact) mass is 248 g/mol. The van der Waals surface area contributed by atoms with Gasteiger partial charge < -0.3 is 15.5 Å². The molecule has 0 saturated carbocycles. The normalized spacial score (nSPS) is 19.2. The SMILES string of the molecule is NCC1(c2c[nH]c3ccc(F)cc23)CCOCC1. The van der Waals surface area contributed by atoms with Crippen molar-refractivity contribution in [3.05, 3.63) is 35.8 Å². The fraction of sp³-hybridized carbons (Fsp3) is 0.429. The molecule has 3 rings (SSSR count). The Morgan fingerprint density at radius 2 is 2.11 bits per heavy atom. The van der Waals surface area contributed by atoms with Crippen molar-refractivity contribution in [1.82, 2.24) is 4.98 Å². The van der Waals surface area contributed by atoms with Gasteiger partial charge in [-0.2, -0.15) is 0 Å². The van der Waals surface area contributed by atoms with Crippen molar-refractivity contribution in [2.24, 2.45) is 5.73 Å². The molecule has 1 aliphatic rings. The molecule has 96 valence electrons. The second kappa shape index (κ2) is 4.37. The summed E-state index contributed by atoms with van der Waals surface area (Å²) >= 11 is 0. The van der Waals surface area contributed by atoms with Gasteiger partial charge in [-0.05, 0) is 36.6 Å². The number of rotatable bonds is 2. The number of benzene rings is 1. The van der Waals surface area contributed by atoms with Crippen molar-refractivity contribution in [3.63, 3.8) is 0 Å². The molecule has 0 unspecified atom stereocenters. The van der Waals surface area contributed by atoms with Gasteiger partial charge in [-0.3, -0.25) is 0 Å². The van der Waals surface area contributed by atoms with Gasteiger partial charge >= 0.3 is 0 Å².